The molecular weight excluding hydrogens is 694 g/mol. The van der Waals surface area contributed by atoms with Crippen LogP contribution in [0.3, 0.4) is 0 Å². The van der Waals surface area contributed by atoms with Crippen LogP contribution in [0.4, 0.5) is 11.4 Å². The van der Waals surface area contributed by atoms with Crippen LogP contribution in [0.5, 0.6) is 5.75 Å². The summed E-state index contributed by atoms with van der Waals surface area (Å²) >= 11 is 6.85. The van der Waals surface area contributed by atoms with Crippen molar-refractivity contribution in [3.8, 4) is 16.9 Å². The number of phenolic OH excluding ortho intramolecular Hbond substituents is 1. The average Bonchev–Trinajstić information content (AvgIpc) is 3.51. The maximum Gasteiger partial charge on any atom is 0.291 e. The summed E-state index contributed by atoms with van der Waals surface area (Å²) in [6.07, 6.45) is 6.87. The van der Waals surface area contributed by atoms with Crippen molar-refractivity contribution in [2.24, 2.45) is 23.9 Å². The Morgan fingerprint density at radius 2 is 1.72 bits per heavy atom. The van der Waals surface area contributed by atoms with Crippen LogP contribution in [0, 0.1) is 11.8 Å². The molecule has 0 saturated heterocycles. The van der Waals surface area contributed by atoms with Crippen molar-refractivity contribution in [3.05, 3.63) is 69.9 Å². The summed E-state index contributed by atoms with van der Waals surface area (Å²) in [5, 5.41) is 27.4. The van der Waals surface area contributed by atoms with Gasteiger partial charge in [-0.05, 0) is 76.1 Å². The lowest BCUT2D eigenvalue weighted by Crippen LogP contribution is -2.36. The molecule has 3 heterocycles. The third kappa shape index (κ3) is 10.00. The number of nitrogens with zero attached hydrogens (tertiary/aromatic N) is 4. The lowest BCUT2D eigenvalue weighted by atomic mass is 9.82. The molecule has 0 bridgehead atoms. The maximum absolute atomic E-state index is 13.6. The fraction of sp³-hybridized carbons (Fsp3) is 0.475. The van der Waals surface area contributed by atoms with Crippen LogP contribution in [-0.2, 0) is 29.6 Å². The topological polar surface area (TPSA) is 161 Å². The molecule has 1 aromatic heterocycles. The highest BCUT2D eigenvalue weighted by molar-refractivity contribution is 6.42. The van der Waals surface area contributed by atoms with Crippen LogP contribution < -0.4 is 16.0 Å². The first-order chi connectivity index (χ1) is 25.6. The highest BCUT2D eigenvalue weighted by Crippen LogP contribution is 2.41. The largest absolute Gasteiger partial charge is 0.505 e. The number of carbonyl (C=O) groups excluding carboxylic acids is 3. The summed E-state index contributed by atoms with van der Waals surface area (Å²) in [7, 11) is 2.86. The molecular formula is C40H54ClN7O5. The lowest BCUT2D eigenvalue weighted by molar-refractivity contribution is -0.112. The molecule has 12 nitrogen and oxygen atoms in total. The summed E-state index contributed by atoms with van der Waals surface area (Å²) < 4.78 is 1.86. The van der Waals surface area contributed by atoms with E-state index < -0.39 is 5.91 Å². The van der Waals surface area contributed by atoms with E-state index in [1.165, 1.54) is 0 Å². The predicted octanol–water partition coefficient (Wildman–Crippen LogP) is 6.36. The van der Waals surface area contributed by atoms with Crippen LogP contribution in [0.2, 0.25) is 5.02 Å². The first kappa shape index (κ1) is 41.4. The number of anilines is 2. The first-order valence-corrected chi connectivity index (χ1v) is 18.9. The zero-order valence-electron chi connectivity index (χ0n) is 31.8. The SMILES string of the molecule is CC.CC(=NC1=C(C)CCNC1)C(=O)Nc1cccc(-c2cccc(NC(=O)c3nc4c(n3C)CCN(CC3CCC(C=O)CC3)C4)c2Cl)c1O.CO. The summed E-state index contributed by atoms with van der Waals surface area (Å²) in [6.45, 7) is 11.7. The molecule has 5 N–H and O–H groups in total. The predicted molar refractivity (Wildman–Crippen MR) is 212 cm³/mol. The van der Waals surface area contributed by atoms with Gasteiger partial charge in [0.2, 0.25) is 0 Å². The number of hydrogen-bond acceptors (Lipinski definition) is 9. The van der Waals surface area contributed by atoms with Crippen LogP contribution in [0.1, 0.15) is 81.8 Å². The summed E-state index contributed by atoms with van der Waals surface area (Å²) in [5.41, 5.74) is 5.72. The van der Waals surface area contributed by atoms with Gasteiger partial charge in [0.05, 0.1) is 27.8 Å². The Bertz CT molecular complexity index is 1830. The van der Waals surface area contributed by atoms with Crippen molar-refractivity contribution in [1.82, 2.24) is 19.8 Å². The third-order valence-corrected chi connectivity index (χ3v) is 10.5. The van der Waals surface area contributed by atoms with Gasteiger partial charge in [0, 0.05) is 69.5 Å². The van der Waals surface area contributed by atoms with Gasteiger partial charge in [0.1, 0.15) is 17.7 Å². The molecule has 2 aliphatic heterocycles. The minimum atomic E-state index is -0.423. The molecule has 1 fully saturated rings. The molecule has 286 valence electrons. The Labute approximate surface area is 317 Å². The number of amides is 2. The van der Waals surface area contributed by atoms with Gasteiger partial charge < -0.3 is 35.5 Å². The Balaban J connectivity index is 0.00000152. The number of nitrogens with one attached hydrogen (secondary N) is 3. The minimum absolute atomic E-state index is 0.151. The Kier molecular flexibility index (Phi) is 15.3. The fourth-order valence-corrected chi connectivity index (χ4v) is 7.34. The number of hydrogen-bond donors (Lipinski definition) is 5. The van der Waals surface area contributed by atoms with Gasteiger partial charge in [-0.15, -0.1) is 0 Å². The van der Waals surface area contributed by atoms with E-state index in [9.17, 15) is 19.5 Å². The monoisotopic (exact) mass is 747 g/mol. The lowest BCUT2D eigenvalue weighted by Gasteiger charge is -2.33. The molecule has 0 unspecified atom stereocenters. The summed E-state index contributed by atoms with van der Waals surface area (Å²) in [5.74, 6) is 0.141. The maximum atomic E-state index is 13.6. The molecule has 53 heavy (non-hydrogen) atoms. The number of carbonyl (C=O) groups is 3. The van der Waals surface area contributed by atoms with Gasteiger partial charge in [-0.3, -0.25) is 19.5 Å². The molecule has 0 atom stereocenters. The number of fused-ring (bicyclic) bond motifs is 1. The third-order valence-electron chi connectivity index (χ3n) is 10.1. The number of aromatic hydroxyl groups is 1. The molecule has 1 saturated carbocycles. The van der Waals surface area contributed by atoms with Gasteiger partial charge in [-0.25, -0.2) is 4.98 Å². The fourth-order valence-electron chi connectivity index (χ4n) is 7.07. The van der Waals surface area contributed by atoms with Gasteiger partial charge in [-0.1, -0.05) is 49.7 Å². The van der Waals surface area contributed by atoms with Crippen LogP contribution in [-0.4, -0.2) is 81.8 Å². The number of aliphatic imine (C=N–C) groups is 1. The quantitative estimate of drug-likeness (QED) is 0.0960. The summed E-state index contributed by atoms with van der Waals surface area (Å²) in [4.78, 5) is 49.4. The number of aldehydes is 1. The second-order valence-electron chi connectivity index (χ2n) is 13.4. The van der Waals surface area contributed by atoms with Gasteiger partial charge in [0.25, 0.3) is 11.8 Å². The van der Waals surface area contributed by atoms with Crippen molar-refractivity contribution >= 4 is 46.8 Å². The zero-order chi connectivity index (χ0) is 38.7. The molecule has 0 radical (unpaired) electrons. The molecule has 13 heteroatoms. The molecule has 2 amide bonds. The Hall–Kier alpha value is -4.36. The van der Waals surface area contributed by atoms with E-state index in [0.29, 0.717) is 41.6 Å². The standard InChI is InChI=1S/C37H44ClN7O4.C2H6.CH4O/c1-22-14-16-39-18-30(22)40-23(2)36(48)43-29-9-5-7-27(34(29)47)26-6-4-8-28(33(26)38)42-37(49)35-41-31-20-45(17-15-32(31)44(35)3)19-24-10-12-25(21-46)13-11-24;2*1-2/h4-9,21,24-25,39,47H,10-20H2,1-3H3,(H,42,49)(H,43,48);1-2H3;2H,1H3. The average molecular weight is 748 g/mol. The van der Waals surface area contributed by atoms with Crippen molar-refractivity contribution in [2.45, 2.75) is 72.8 Å². The number of rotatable bonds is 9. The van der Waals surface area contributed by atoms with Crippen molar-refractivity contribution < 1.29 is 24.6 Å². The van der Waals surface area contributed by atoms with E-state index in [1.807, 2.05) is 32.4 Å². The van der Waals surface area contributed by atoms with Gasteiger partial charge in [-0.2, -0.15) is 0 Å². The number of benzene rings is 2. The molecule has 0 spiro atoms. The first-order valence-electron chi connectivity index (χ1n) is 18.5. The highest BCUT2D eigenvalue weighted by Gasteiger charge is 2.29. The summed E-state index contributed by atoms with van der Waals surface area (Å²) in [6, 6.07) is 10.2. The van der Waals surface area contributed by atoms with Crippen LogP contribution >= 0.6 is 11.6 Å². The van der Waals surface area contributed by atoms with E-state index in [4.69, 9.17) is 21.7 Å². The number of aliphatic hydroxyl groups is 1. The van der Waals surface area contributed by atoms with Gasteiger partial charge in [0.15, 0.2) is 5.82 Å². The number of halogens is 1. The normalized spacial score (nSPS) is 18.8. The molecule has 6 rings (SSSR count). The number of aromatic nitrogens is 2. The number of imidazole rings is 1. The number of phenols is 1. The molecule has 2 aromatic carbocycles. The minimum Gasteiger partial charge on any atom is -0.505 e. The Morgan fingerprint density at radius 1 is 1.04 bits per heavy atom. The number of aliphatic hydroxyl groups excluding tert-OH is 1. The van der Waals surface area contributed by atoms with E-state index in [2.05, 4.69) is 25.8 Å². The van der Waals surface area contributed by atoms with E-state index in [0.717, 1.165) is 94.2 Å². The van der Waals surface area contributed by atoms with E-state index >= 15 is 0 Å². The smallest absolute Gasteiger partial charge is 0.291 e. The van der Waals surface area contributed by atoms with Crippen LogP contribution in [0.25, 0.3) is 11.1 Å². The molecule has 3 aromatic rings. The van der Waals surface area contributed by atoms with E-state index in [-0.39, 0.29) is 34.0 Å². The highest BCUT2D eigenvalue weighted by atomic mass is 35.5. The Morgan fingerprint density at radius 3 is 2.40 bits per heavy atom. The number of para-hydroxylation sites is 1. The van der Waals surface area contributed by atoms with Gasteiger partial charge >= 0.3 is 0 Å². The zero-order valence-corrected chi connectivity index (χ0v) is 32.5. The van der Waals surface area contributed by atoms with Crippen LogP contribution in [0.15, 0.2) is 52.7 Å². The van der Waals surface area contributed by atoms with Crippen molar-refractivity contribution in [3.63, 3.8) is 0 Å². The molecule has 1 aliphatic carbocycles. The van der Waals surface area contributed by atoms with E-state index in [1.54, 1.807) is 43.3 Å². The van der Waals surface area contributed by atoms with Crippen molar-refractivity contribution in [2.75, 3.05) is 43.9 Å². The second kappa shape index (κ2) is 19.6. The van der Waals surface area contributed by atoms with Crippen molar-refractivity contribution in [1.29, 1.82) is 0 Å². The second-order valence-corrected chi connectivity index (χ2v) is 13.8. The molecule has 3 aliphatic rings.